The van der Waals surface area contributed by atoms with Gasteiger partial charge < -0.3 is 5.32 Å². The molecule has 0 saturated carbocycles. The van der Waals surface area contributed by atoms with E-state index < -0.39 is 0 Å². The lowest BCUT2D eigenvalue weighted by Gasteiger charge is -2.24. The van der Waals surface area contributed by atoms with E-state index in [1.165, 1.54) is 39.9 Å². The van der Waals surface area contributed by atoms with Crippen LogP contribution in [0.5, 0.6) is 0 Å². The summed E-state index contributed by atoms with van der Waals surface area (Å²) in [5.41, 5.74) is 4.14. The predicted octanol–water partition coefficient (Wildman–Crippen LogP) is 5.56. The average molecular weight is 336 g/mol. The van der Waals surface area contributed by atoms with Gasteiger partial charge in [-0.05, 0) is 70.9 Å². The minimum Gasteiger partial charge on any atom is -0.378 e. The quantitative estimate of drug-likeness (QED) is 0.773. The van der Waals surface area contributed by atoms with E-state index in [9.17, 15) is 0 Å². The van der Waals surface area contributed by atoms with E-state index in [1.54, 1.807) is 4.88 Å². The van der Waals surface area contributed by atoms with Crippen LogP contribution in [-0.4, -0.2) is 0 Å². The van der Waals surface area contributed by atoms with Crippen LogP contribution in [0.1, 0.15) is 41.8 Å². The minimum absolute atomic E-state index is 0.471. The van der Waals surface area contributed by atoms with Crippen molar-refractivity contribution in [1.82, 2.24) is 0 Å². The van der Waals surface area contributed by atoms with Crippen LogP contribution in [0.15, 0.2) is 34.1 Å². The molecular formula is C16H18BrNS. The van der Waals surface area contributed by atoms with Crippen molar-refractivity contribution in [2.24, 2.45) is 0 Å². The minimum atomic E-state index is 0.471. The molecule has 1 heterocycles. The standard InChI is InChI=1S/C16H18BrNS/c1-2-11-5-3-6-12(9-11)18-14-7-4-8-15-13(14)10-16(17)19-15/h3,5-6,9-10,14,18H,2,4,7-8H2,1H3. The maximum absolute atomic E-state index is 3.71. The Morgan fingerprint density at radius 3 is 3.11 bits per heavy atom. The lowest BCUT2D eigenvalue weighted by atomic mass is 9.94. The van der Waals surface area contributed by atoms with Crippen molar-refractivity contribution >= 4 is 33.0 Å². The molecule has 1 N–H and O–H groups in total. The van der Waals surface area contributed by atoms with Gasteiger partial charge in [-0.2, -0.15) is 0 Å². The number of thiophene rings is 1. The summed E-state index contributed by atoms with van der Waals surface area (Å²) in [5.74, 6) is 0. The summed E-state index contributed by atoms with van der Waals surface area (Å²) in [4.78, 5) is 1.54. The zero-order valence-corrected chi connectivity index (χ0v) is 13.5. The molecule has 100 valence electrons. The Labute approximate surface area is 127 Å². The summed E-state index contributed by atoms with van der Waals surface area (Å²) in [5, 5.41) is 3.71. The maximum Gasteiger partial charge on any atom is 0.0705 e. The van der Waals surface area contributed by atoms with Gasteiger partial charge in [-0.25, -0.2) is 0 Å². The van der Waals surface area contributed by atoms with Gasteiger partial charge in [0.1, 0.15) is 0 Å². The first kappa shape index (κ1) is 13.2. The molecule has 2 aromatic rings. The van der Waals surface area contributed by atoms with E-state index in [0.29, 0.717) is 6.04 Å². The average Bonchev–Trinajstić information content (AvgIpc) is 2.80. The summed E-state index contributed by atoms with van der Waals surface area (Å²) >= 11 is 5.51. The Bertz CT molecular complexity index is 576. The van der Waals surface area contributed by atoms with Crippen LogP contribution in [0.2, 0.25) is 0 Å². The molecule has 0 amide bonds. The first-order chi connectivity index (χ1) is 9.26. The van der Waals surface area contributed by atoms with Crippen LogP contribution >= 0.6 is 27.3 Å². The van der Waals surface area contributed by atoms with E-state index in [0.717, 1.165) is 6.42 Å². The number of aryl methyl sites for hydroxylation is 2. The van der Waals surface area contributed by atoms with Crippen molar-refractivity contribution in [2.45, 2.75) is 38.6 Å². The van der Waals surface area contributed by atoms with Crippen LogP contribution in [0.4, 0.5) is 5.69 Å². The number of nitrogens with one attached hydrogen (secondary N) is 1. The van der Waals surface area contributed by atoms with Crippen LogP contribution in [0.25, 0.3) is 0 Å². The third-order valence-electron chi connectivity index (χ3n) is 3.76. The molecule has 0 radical (unpaired) electrons. The molecule has 0 aliphatic heterocycles. The first-order valence-electron chi connectivity index (χ1n) is 6.90. The normalized spacial score (nSPS) is 18.1. The fourth-order valence-electron chi connectivity index (χ4n) is 2.75. The molecule has 1 aliphatic rings. The van der Waals surface area contributed by atoms with Crippen molar-refractivity contribution in [3.05, 3.63) is 50.1 Å². The van der Waals surface area contributed by atoms with E-state index in [-0.39, 0.29) is 0 Å². The predicted molar refractivity (Wildman–Crippen MR) is 87.1 cm³/mol. The highest BCUT2D eigenvalue weighted by Gasteiger charge is 2.22. The van der Waals surface area contributed by atoms with E-state index >= 15 is 0 Å². The smallest absolute Gasteiger partial charge is 0.0705 e. The summed E-state index contributed by atoms with van der Waals surface area (Å²) in [7, 11) is 0. The van der Waals surface area contributed by atoms with Gasteiger partial charge in [-0.1, -0.05) is 19.1 Å². The molecule has 1 aromatic heterocycles. The highest BCUT2D eigenvalue weighted by atomic mass is 79.9. The SMILES string of the molecule is CCc1cccc(NC2CCCc3sc(Br)cc32)c1. The molecule has 19 heavy (non-hydrogen) atoms. The van der Waals surface area contributed by atoms with E-state index in [4.69, 9.17) is 0 Å². The molecule has 0 fully saturated rings. The van der Waals surface area contributed by atoms with Crippen molar-refractivity contribution in [3.8, 4) is 0 Å². The Morgan fingerprint density at radius 2 is 2.26 bits per heavy atom. The first-order valence-corrected chi connectivity index (χ1v) is 8.51. The number of rotatable bonds is 3. The highest BCUT2D eigenvalue weighted by Crippen LogP contribution is 2.39. The zero-order valence-electron chi connectivity index (χ0n) is 11.1. The lowest BCUT2D eigenvalue weighted by molar-refractivity contribution is 0.609. The van der Waals surface area contributed by atoms with Crippen LogP contribution in [0.3, 0.4) is 0 Å². The van der Waals surface area contributed by atoms with Gasteiger partial charge in [-0.3, -0.25) is 0 Å². The topological polar surface area (TPSA) is 12.0 Å². The Morgan fingerprint density at radius 1 is 1.37 bits per heavy atom. The van der Waals surface area contributed by atoms with Gasteiger partial charge in [0.15, 0.2) is 0 Å². The molecule has 0 saturated heterocycles. The lowest BCUT2D eigenvalue weighted by Crippen LogP contribution is -2.15. The van der Waals surface area contributed by atoms with Crippen LogP contribution < -0.4 is 5.32 Å². The molecule has 1 nitrogen and oxygen atoms in total. The molecule has 1 unspecified atom stereocenters. The Balaban J connectivity index is 1.83. The summed E-state index contributed by atoms with van der Waals surface area (Å²) < 4.78 is 1.26. The van der Waals surface area contributed by atoms with Gasteiger partial charge in [-0.15, -0.1) is 11.3 Å². The maximum atomic E-state index is 3.71. The fourth-order valence-corrected chi connectivity index (χ4v) is 4.57. The third-order valence-corrected chi connectivity index (χ3v) is 5.47. The second-order valence-corrected chi connectivity index (χ2v) is 7.59. The summed E-state index contributed by atoms with van der Waals surface area (Å²) in [6.07, 6.45) is 4.84. The molecule has 1 aliphatic carbocycles. The van der Waals surface area contributed by atoms with E-state index in [1.807, 2.05) is 11.3 Å². The zero-order chi connectivity index (χ0) is 13.2. The molecule has 1 atom stereocenters. The second-order valence-electron chi connectivity index (χ2n) is 5.07. The van der Waals surface area contributed by atoms with Gasteiger partial charge >= 0.3 is 0 Å². The largest absolute Gasteiger partial charge is 0.378 e. The summed E-state index contributed by atoms with van der Waals surface area (Å²) in [6.45, 7) is 2.20. The summed E-state index contributed by atoms with van der Waals surface area (Å²) in [6, 6.07) is 11.6. The number of benzene rings is 1. The third kappa shape index (κ3) is 2.87. The van der Waals surface area contributed by atoms with Crippen LogP contribution in [0, 0.1) is 0 Å². The van der Waals surface area contributed by atoms with Gasteiger partial charge in [0.05, 0.1) is 9.83 Å². The molecule has 1 aromatic carbocycles. The van der Waals surface area contributed by atoms with Crippen molar-refractivity contribution in [2.75, 3.05) is 5.32 Å². The number of hydrogen-bond acceptors (Lipinski definition) is 2. The monoisotopic (exact) mass is 335 g/mol. The number of halogens is 1. The Hall–Kier alpha value is -0.800. The van der Waals surface area contributed by atoms with Gasteiger partial charge in [0.25, 0.3) is 0 Å². The van der Waals surface area contributed by atoms with Crippen molar-refractivity contribution in [3.63, 3.8) is 0 Å². The number of fused-ring (bicyclic) bond motifs is 1. The molecule has 0 spiro atoms. The molecule has 3 heteroatoms. The van der Waals surface area contributed by atoms with Crippen molar-refractivity contribution in [1.29, 1.82) is 0 Å². The highest BCUT2D eigenvalue weighted by molar-refractivity contribution is 9.11. The van der Waals surface area contributed by atoms with Crippen LogP contribution in [-0.2, 0) is 12.8 Å². The molecular weight excluding hydrogens is 318 g/mol. The Kier molecular flexibility index (Phi) is 3.94. The van der Waals surface area contributed by atoms with Crippen molar-refractivity contribution < 1.29 is 0 Å². The molecule has 0 bridgehead atoms. The second kappa shape index (κ2) is 5.68. The van der Waals surface area contributed by atoms with Gasteiger partial charge in [0.2, 0.25) is 0 Å². The number of anilines is 1. The van der Waals surface area contributed by atoms with Gasteiger partial charge in [0, 0.05) is 10.6 Å². The van der Waals surface area contributed by atoms with E-state index in [2.05, 4.69) is 58.5 Å². The number of hydrogen-bond donors (Lipinski definition) is 1. The molecule has 3 rings (SSSR count). The fraction of sp³-hybridized carbons (Fsp3) is 0.375.